The maximum absolute atomic E-state index is 12.5. The molecule has 2 aromatic rings. The van der Waals surface area contributed by atoms with Gasteiger partial charge in [-0.1, -0.05) is 12.1 Å². The fourth-order valence-electron chi connectivity index (χ4n) is 2.33. The molecule has 3 nitrogen and oxygen atoms in total. The van der Waals surface area contributed by atoms with E-state index in [0.717, 1.165) is 24.2 Å². The zero-order valence-electron chi connectivity index (χ0n) is 10.2. The second-order valence-electron chi connectivity index (χ2n) is 4.47. The van der Waals surface area contributed by atoms with Gasteiger partial charge in [0.1, 0.15) is 11.5 Å². The summed E-state index contributed by atoms with van der Waals surface area (Å²) in [5.74, 6) is 1.36. The average molecular weight is 242 g/mol. The highest BCUT2D eigenvalue weighted by Gasteiger charge is 2.22. The van der Waals surface area contributed by atoms with Gasteiger partial charge in [0.2, 0.25) is 0 Å². The van der Waals surface area contributed by atoms with E-state index in [-0.39, 0.29) is 5.78 Å². The average Bonchev–Trinajstić information content (AvgIpc) is 2.83. The highest BCUT2D eigenvalue weighted by atomic mass is 16.5. The van der Waals surface area contributed by atoms with Crippen LogP contribution >= 0.6 is 0 Å². The molecule has 0 saturated heterocycles. The summed E-state index contributed by atoms with van der Waals surface area (Å²) in [5.41, 5.74) is 2.36. The number of aryl methyl sites for hydroxylation is 2. The van der Waals surface area contributed by atoms with Gasteiger partial charge in [-0.3, -0.25) is 4.79 Å². The minimum absolute atomic E-state index is 0.0278. The lowest BCUT2D eigenvalue weighted by molar-refractivity contribution is 0.103. The highest BCUT2D eigenvalue weighted by molar-refractivity contribution is 6.11. The van der Waals surface area contributed by atoms with Gasteiger partial charge in [0.05, 0.1) is 24.0 Å². The number of ether oxygens (including phenoxy) is 1. The number of fused-ring (bicyclic) bond motifs is 1. The quantitative estimate of drug-likeness (QED) is 0.759. The van der Waals surface area contributed by atoms with Crippen LogP contribution in [0.3, 0.4) is 0 Å². The second-order valence-corrected chi connectivity index (χ2v) is 4.47. The molecule has 0 unspecified atom stereocenters. The van der Waals surface area contributed by atoms with Crippen molar-refractivity contribution in [3.05, 3.63) is 53.0 Å². The van der Waals surface area contributed by atoms with Crippen molar-refractivity contribution >= 4 is 5.78 Å². The molecule has 0 saturated carbocycles. The zero-order valence-corrected chi connectivity index (χ0v) is 10.2. The Morgan fingerprint density at radius 1 is 1.22 bits per heavy atom. The molecule has 1 aromatic heterocycles. The van der Waals surface area contributed by atoms with E-state index in [9.17, 15) is 4.79 Å². The minimum Gasteiger partial charge on any atom is -0.493 e. The van der Waals surface area contributed by atoms with E-state index in [1.807, 2.05) is 18.2 Å². The van der Waals surface area contributed by atoms with E-state index in [4.69, 9.17) is 9.15 Å². The maximum Gasteiger partial charge on any atom is 0.200 e. The first kappa shape index (κ1) is 11.1. The molecule has 0 atom stereocenters. The van der Waals surface area contributed by atoms with Crippen molar-refractivity contribution in [1.82, 2.24) is 0 Å². The molecule has 0 aliphatic carbocycles. The number of benzene rings is 1. The Labute approximate surface area is 105 Å². The third kappa shape index (κ3) is 1.72. The van der Waals surface area contributed by atoms with E-state index in [0.29, 0.717) is 23.5 Å². The highest BCUT2D eigenvalue weighted by Crippen LogP contribution is 2.31. The molecule has 1 aliphatic rings. The van der Waals surface area contributed by atoms with Gasteiger partial charge in [-0.25, -0.2) is 0 Å². The standard InChI is InChI=1S/C15H14O3/c1-10-12(7-9-17-10)14(16)13-6-2-4-11-5-3-8-18-15(11)13/h2,4,6-7,9H,3,5,8H2,1H3. The Morgan fingerprint density at radius 3 is 2.89 bits per heavy atom. The van der Waals surface area contributed by atoms with Gasteiger partial charge in [0.15, 0.2) is 5.78 Å². The summed E-state index contributed by atoms with van der Waals surface area (Å²) >= 11 is 0. The van der Waals surface area contributed by atoms with Gasteiger partial charge in [-0.2, -0.15) is 0 Å². The van der Waals surface area contributed by atoms with E-state index in [2.05, 4.69) is 0 Å². The number of para-hydroxylation sites is 1. The van der Waals surface area contributed by atoms with E-state index in [1.165, 1.54) is 0 Å². The van der Waals surface area contributed by atoms with Gasteiger partial charge >= 0.3 is 0 Å². The summed E-state index contributed by atoms with van der Waals surface area (Å²) in [4.78, 5) is 12.5. The molecule has 0 fully saturated rings. The zero-order chi connectivity index (χ0) is 12.5. The Hall–Kier alpha value is -2.03. The number of hydrogen-bond donors (Lipinski definition) is 0. The Balaban J connectivity index is 2.07. The van der Waals surface area contributed by atoms with Crippen LogP contribution in [-0.4, -0.2) is 12.4 Å². The molecular formula is C15H14O3. The molecule has 0 amide bonds. The predicted molar refractivity (Wildman–Crippen MR) is 67.1 cm³/mol. The van der Waals surface area contributed by atoms with Crippen molar-refractivity contribution in [1.29, 1.82) is 0 Å². The van der Waals surface area contributed by atoms with Crippen molar-refractivity contribution in [3.63, 3.8) is 0 Å². The maximum atomic E-state index is 12.5. The fourth-order valence-corrected chi connectivity index (χ4v) is 2.33. The molecule has 2 heterocycles. The van der Waals surface area contributed by atoms with Crippen molar-refractivity contribution < 1.29 is 13.9 Å². The summed E-state index contributed by atoms with van der Waals surface area (Å²) in [6.07, 6.45) is 3.52. The van der Waals surface area contributed by atoms with Crippen molar-refractivity contribution in [2.75, 3.05) is 6.61 Å². The molecule has 0 radical (unpaired) electrons. The fraction of sp³-hybridized carbons (Fsp3) is 0.267. The van der Waals surface area contributed by atoms with Crippen molar-refractivity contribution in [3.8, 4) is 5.75 Å². The summed E-state index contributed by atoms with van der Waals surface area (Å²) in [6, 6.07) is 7.46. The molecule has 92 valence electrons. The van der Waals surface area contributed by atoms with Crippen LogP contribution in [0.4, 0.5) is 0 Å². The summed E-state index contributed by atoms with van der Waals surface area (Å²) in [7, 11) is 0. The van der Waals surface area contributed by atoms with Gasteiger partial charge < -0.3 is 9.15 Å². The van der Waals surface area contributed by atoms with Crippen LogP contribution in [-0.2, 0) is 6.42 Å². The Bertz CT molecular complexity index is 596. The SMILES string of the molecule is Cc1occc1C(=O)c1cccc2c1OCCC2. The van der Waals surface area contributed by atoms with Crippen LogP contribution in [0.5, 0.6) is 5.75 Å². The number of carbonyl (C=O) groups excluding carboxylic acids is 1. The van der Waals surface area contributed by atoms with Gasteiger partial charge in [0, 0.05) is 0 Å². The van der Waals surface area contributed by atoms with Crippen LogP contribution in [0.15, 0.2) is 34.9 Å². The number of carbonyl (C=O) groups is 1. The van der Waals surface area contributed by atoms with Crippen molar-refractivity contribution in [2.24, 2.45) is 0 Å². The van der Waals surface area contributed by atoms with Crippen LogP contribution in [0.25, 0.3) is 0 Å². The number of rotatable bonds is 2. The predicted octanol–water partition coefficient (Wildman–Crippen LogP) is 3.14. The molecule has 1 aliphatic heterocycles. The first-order chi connectivity index (χ1) is 8.77. The molecule has 0 N–H and O–H groups in total. The Morgan fingerprint density at radius 2 is 2.11 bits per heavy atom. The second kappa shape index (κ2) is 4.33. The lowest BCUT2D eigenvalue weighted by Gasteiger charge is -2.19. The molecule has 0 spiro atoms. The smallest absolute Gasteiger partial charge is 0.200 e. The van der Waals surface area contributed by atoms with E-state index < -0.39 is 0 Å². The van der Waals surface area contributed by atoms with Gasteiger partial charge in [-0.05, 0) is 37.5 Å². The van der Waals surface area contributed by atoms with Crippen LogP contribution < -0.4 is 4.74 Å². The lowest BCUT2D eigenvalue weighted by atomic mass is 9.97. The topological polar surface area (TPSA) is 39.4 Å². The first-order valence-electron chi connectivity index (χ1n) is 6.11. The monoisotopic (exact) mass is 242 g/mol. The number of furan rings is 1. The molecular weight excluding hydrogens is 228 g/mol. The Kier molecular flexibility index (Phi) is 2.67. The first-order valence-corrected chi connectivity index (χ1v) is 6.11. The molecule has 1 aromatic carbocycles. The number of hydrogen-bond acceptors (Lipinski definition) is 3. The van der Waals surface area contributed by atoms with Crippen LogP contribution in [0, 0.1) is 6.92 Å². The van der Waals surface area contributed by atoms with Crippen molar-refractivity contribution in [2.45, 2.75) is 19.8 Å². The van der Waals surface area contributed by atoms with Crippen LogP contribution in [0.2, 0.25) is 0 Å². The third-order valence-electron chi connectivity index (χ3n) is 3.28. The van der Waals surface area contributed by atoms with Gasteiger partial charge in [0.25, 0.3) is 0 Å². The largest absolute Gasteiger partial charge is 0.493 e. The molecule has 0 bridgehead atoms. The van der Waals surface area contributed by atoms with E-state index in [1.54, 1.807) is 19.3 Å². The van der Waals surface area contributed by atoms with E-state index >= 15 is 0 Å². The third-order valence-corrected chi connectivity index (χ3v) is 3.28. The number of ketones is 1. The molecule has 18 heavy (non-hydrogen) atoms. The molecule has 3 rings (SSSR count). The van der Waals surface area contributed by atoms with Gasteiger partial charge in [-0.15, -0.1) is 0 Å². The minimum atomic E-state index is -0.0278. The summed E-state index contributed by atoms with van der Waals surface area (Å²) in [5, 5.41) is 0. The summed E-state index contributed by atoms with van der Waals surface area (Å²) < 4.78 is 10.9. The molecule has 3 heteroatoms. The van der Waals surface area contributed by atoms with Crippen LogP contribution in [0.1, 0.15) is 33.7 Å². The summed E-state index contributed by atoms with van der Waals surface area (Å²) in [6.45, 7) is 2.48. The normalized spacial score (nSPS) is 13.8. The lowest BCUT2D eigenvalue weighted by Crippen LogP contribution is -2.13.